The van der Waals surface area contributed by atoms with Crippen LogP contribution in [0.3, 0.4) is 0 Å². The van der Waals surface area contributed by atoms with Crippen LogP contribution in [0, 0.1) is 11.2 Å². The van der Waals surface area contributed by atoms with Gasteiger partial charge in [0.1, 0.15) is 11.6 Å². The van der Waals surface area contributed by atoms with Gasteiger partial charge in [0, 0.05) is 0 Å². The van der Waals surface area contributed by atoms with Crippen molar-refractivity contribution in [3.8, 4) is 5.75 Å². The molecule has 0 spiro atoms. The van der Waals surface area contributed by atoms with Crippen molar-refractivity contribution in [1.29, 1.82) is 0 Å². The number of benzene rings is 1. The van der Waals surface area contributed by atoms with Gasteiger partial charge in [0.05, 0.1) is 0 Å². The molecule has 18 heavy (non-hydrogen) atoms. The zero-order chi connectivity index (χ0) is 14.0. The molecule has 0 aliphatic heterocycles. The highest BCUT2D eigenvalue weighted by molar-refractivity contribution is 5.34. The first-order chi connectivity index (χ1) is 8.07. The van der Waals surface area contributed by atoms with E-state index in [0.717, 1.165) is 6.07 Å². The van der Waals surface area contributed by atoms with Crippen LogP contribution in [0.1, 0.15) is 26.3 Å². The molecular weight excluding hydrogens is 248 g/mol. The molecule has 0 atom stereocenters. The molecule has 5 heteroatoms. The van der Waals surface area contributed by atoms with Crippen molar-refractivity contribution < 1.29 is 22.3 Å². The van der Waals surface area contributed by atoms with E-state index in [4.69, 9.17) is 4.74 Å². The monoisotopic (exact) mass is 264 g/mol. The smallest absolute Gasteiger partial charge is 0.422 e. The predicted octanol–water partition coefficient (Wildman–Crippen LogP) is 4.36. The SMILES string of the molecule is CC(C)(C)Cc1cc(F)ccc1OCC(F)(F)F. The lowest BCUT2D eigenvalue weighted by Crippen LogP contribution is -2.20. The number of rotatable bonds is 3. The summed E-state index contributed by atoms with van der Waals surface area (Å²) in [5.74, 6) is -0.391. The minimum atomic E-state index is -4.40. The van der Waals surface area contributed by atoms with Gasteiger partial charge in [-0.1, -0.05) is 20.8 Å². The van der Waals surface area contributed by atoms with Crippen LogP contribution in [-0.2, 0) is 6.42 Å². The zero-order valence-electron chi connectivity index (χ0n) is 10.6. The summed E-state index contributed by atoms with van der Waals surface area (Å²) < 4.78 is 54.1. The Balaban J connectivity index is 2.90. The van der Waals surface area contributed by atoms with Crippen LogP contribution < -0.4 is 4.74 Å². The van der Waals surface area contributed by atoms with Crippen molar-refractivity contribution in [3.05, 3.63) is 29.6 Å². The molecule has 102 valence electrons. The second-order valence-corrected chi connectivity index (χ2v) is 5.39. The van der Waals surface area contributed by atoms with E-state index in [1.165, 1.54) is 12.1 Å². The third kappa shape index (κ3) is 5.38. The Morgan fingerprint density at radius 1 is 1.11 bits per heavy atom. The van der Waals surface area contributed by atoms with Crippen molar-refractivity contribution >= 4 is 0 Å². The molecule has 0 saturated carbocycles. The average molecular weight is 264 g/mol. The summed E-state index contributed by atoms with van der Waals surface area (Å²) in [6, 6.07) is 3.55. The van der Waals surface area contributed by atoms with E-state index in [0.29, 0.717) is 12.0 Å². The van der Waals surface area contributed by atoms with Crippen LogP contribution in [0.5, 0.6) is 5.75 Å². The average Bonchev–Trinajstić information content (AvgIpc) is 2.12. The summed E-state index contributed by atoms with van der Waals surface area (Å²) in [4.78, 5) is 0. The van der Waals surface area contributed by atoms with Crippen LogP contribution in [0.2, 0.25) is 0 Å². The molecule has 0 amide bonds. The standard InChI is InChI=1S/C13H16F4O/c1-12(2,3)7-9-6-10(14)4-5-11(9)18-8-13(15,16)17/h4-6H,7-8H2,1-3H3. The van der Waals surface area contributed by atoms with E-state index >= 15 is 0 Å². The van der Waals surface area contributed by atoms with Gasteiger partial charge in [-0.2, -0.15) is 13.2 Å². The van der Waals surface area contributed by atoms with Crippen molar-refractivity contribution in [1.82, 2.24) is 0 Å². The molecule has 0 heterocycles. The van der Waals surface area contributed by atoms with E-state index in [1.807, 2.05) is 20.8 Å². The summed E-state index contributed by atoms with van der Waals surface area (Å²) in [7, 11) is 0. The molecular formula is C13H16F4O. The van der Waals surface area contributed by atoms with Crippen molar-refractivity contribution in [2.75, 3.05) is 6.61 Å². The Morgan fingerprint density at radius 2 is 1.72 bits per heavy atom. The normalized spacial score (nSPS) is 12.6. The summed E-state index contributed by atoms with van der Waals surface area (Å²) in [6.07, 6.45) is -3.95. The molecule has 0 radical (unpaired) electrons. The third-order valence-corrected chi connectivity index (χ3v) is 2.13. The molecule has 1 nitrogen and oxygen atoms in total. The molecule has 0 unspecified atom stereocenters. The van der Waals surface area contributed by atoms with E-state index < -0.39 is 18.6 Å². The van der Waals surface area contributed by atoms with Gasteiger partial charge in [0.15, 0.2) is 6.61 Å². The maximum atomic E-state index is 13.1. The first-order valence-corrected chi connectivity index (χ1v) is 5.55. The number of alkyl halides is 3. The molecule has 1 aromatic rings. The van der Waals surface area contributed by atoms with Crippen LogP contribution in [0.4, 0.5) is 17.6 Å². The van der Waals surface area contributed by atoms with Gasteiger partial charge in [-0.15, -0.1) is 0 Å². The topological polar surface area (TPSA) is 9.23 Å². The van der Waals surface area contributed by atoms with Crippen molar-refractivity contribution in [2.45, 2.75) is 33.4 Å². The van der Waals surface area contributed by atoms with E-state index in [2.05, 4.69) is 0 Å². The summed E-state index contributed by atoms with van der Waals surface area (Å²) >= 11 is 0. The largest absolute Gasteiger partial charge is 0.484 e. The highest BCUT2D eigenvalue weighted by atomic mass is 19.4. The molecule has 1 aromatic carbocycles. The number of halogens is 4. The fourth-order valence-electron chi connectivity index (χ4n) is 1.56. The second kappa shape index (κ2) is 5.16. The van der Waals surface area contributed by atoms with E-state index in [-0.39, 0.29) is 11.2 Å². The van der Waals surface area contributed by atoms with Gasteiger partial charge in [0.2, 0.25) is 0 Å². The molecule has 0 aliphatic rings. The van der Waals surface area contributed by atoms with Gasteiger partial charge in [-0.3, -0.25) is 0 Å². The van der Waals surface area contributed by atoms with Crippen LogP contribution in [0.25, 0.3) is 0 Å². The van der Waals surface area contributed by atoms with Crippen LogP contribution in [0.15, 0.2) is 18.2 Å². The van der Waals surface area contributed by atoms with Gasteiger partial charge in [0.25, 0.3) is 0 Å². The molecule has 0 saturated heterocycles. The number of hydrogen-bond donors (Lipinski definition) is 0. The Kier molecular flexibility index (Phi) is 4.24. The number of ether oxygens (including phenoxy) is 1. The van der Waals surface area contributed by atoms with Crippen molar-refractivity contribution in [3.63, 3.8) is 0 Å². The molecule has 1 rings (SSSR count). The lowest BCUT2D eigenvalue weighted by Gasteiger charge is -2.21. The lowest BCUT2D eigenvalue weighted by atomic mass is 9.88. The van der Waals surface area contributed by atoms with Gasteiger partial charge in [-0.25, -0.2) is 4.39 Å². The van der Waals surface area contributed by atoms with Gasteiger partial charge < -0.3 is 4.74 Å². The molecule has 0 bridgehead atoms. The minimum absolute atomic E-state index is 0.0867. The second-order valence-electron chi connectivity index (χ2n) is 5.39. The molecule has 0 N–H and O–H groups in total. The highest BCUT2D eigenvalue weighted by Crippen LogP contribution is 2.29. The maximum Gasteiger partial charge on any atom is 0.422 e. The molecule has 0 fully saturated rings. The van der Waals surface area contributed by atoms with E-state index in [9.17, 15) is 17.6 Å². The summed E-state index contributed by atoms with van der Waals surface area (Å²) in [5, 5.41) is 0. The van der Waals surface area contributed by atoms with Gasteiger partial charge >= 0.3 is 6.18 Å². The Bertz CT molecular complexity index is 404. The van der Waals surface area contributed by atoms with Crippen LogP contribution >= 0.6 is 0 Å². The van der Waals surface area contributed by atoms with E-state index in [1.54, 1.807) is 0 Å². The lowest BCUT2D eigenvalue weighted by molar-refractivity contribution is -0.153. The van der Waals surface area contributed by atoms with Gasteiger partial charge in [-0.05, 0) is 35.6 Å². The Labute approximate surface area is 104 Å². The number of hydrogen-bond acceptors (Lipinski definition) is 1. The maximum absolute atomic E-state index is 13.1. The Hall–Kier alpha value is -1.26. The first-order valence-electron chi connectivity index (χ1n) is 5.55. The first kappa shape index (κ1) is 14.8. The molecule has 0 aromatic heterocycles. The summed E-state index contributed by atoms with van der Waals surface area (Å²) in [5.41, 5.74) is 0.288. The zero-order valence-corrected chi connectivity index (χ0v) is 10.6. The molecule has 0 aliphatic carbocycles. The van der Waals surface area contributed by atoms with Crippen LogP contribution in [-0.4, -0.2) is 12.8 Å². The minimum Gasteiger partial charge on any atom is -0.484 e. The Morgan fingerprint density at radius 3 is 2.22 bits per heavy atom. The predicted molar refractivity (Wildman–Crippen MR) is 61.1 cm³/mol. The summed E-state index contributed by atoms with van der Waals surface area (Å²) in [6.45, 7) is 4.40. The fraction of sp³-hybridized carbons (Fsp3) is 0.538. The fourth-order valence-corrected chi connectivity index (χ4v) is 1.56. The quantitative estimate of drug-likeness (QED) is 0.737. The third-order valence-electron chi connectivity index (χ3n) is 2.13. The van der Waals surface area contributed by atoms with Crippen molar-refractivity contribution in [2.24, 2.45) is 5.41 Å². The highest BCUT2D eigenvalue weighted by Gasteiger charge is 2.29.